The van der Waals surface area contributed by atoms with Crippen LogP contribution in [0.15, 0.2) is 0 Å². The molecule has 0 amide bonds. The van der Waals surface area contributed by atoms with Gasteiger partial charge in [-0.2, -0.15) is 0 Å². The summed E-state index contributed by atoms with van der Waals surface area (Å²) in [6, 6.07) is 0. The van der Waals surface area contributed by atoms with Gasteiger partial charge in [0.15, 0.2) is 0 Å². The fourth-order valence-corrected chi connectivity index (χ4v) is 0. The molecule has 0 fully saturated rings. The van der Waals surface area contributed by atoms with Crippen molar-refractivity contribution in [1.29, 1.82) is 0 Å². The topological polar surface area (TPSA) is 37.3 Å². The molecule has 0 saturated heterocycles. The first-order valence-electron chi connectivity index (χ1n) is 0.494. The molecule has 4 heavy (non-hydrogen) atoms. The Kier molecular flexibility index (Phi) is 20.8. The first kappa shape index (κ1) is 8.82. The number of hydrogen-bond donors (Lipinski definition) is 1. The molecule has 0 aliphatic rings. The summed E-state index contributed by atoms with van der Waals surface area (Å²) < 4.78 is 15.7. The minimum absolute atomic E-state index is 0. The fraction of sp³-hybridized carbons (Fsp3) is 0. The molecule has 4 heteroatoms. The van der Waals surface area contributed by atoms with Crippen LogP contribution in [0.5, 0.6) is 0 Å². The van der Waals surface area contributed by atoms with Crippen molar-refractivity contribution in [3.05, 3.63) is 0 Å². The summed E-state index contributed by atoms with van der Waals surface area (Å²) in [4.78, 5) is 0. The second-order valence-corrected chi connectivity index (χ2v) is 0.316. The van der Waals surface area contributed by atoms with Crippen molar-refractivity contribution in [3.63, 3.8) is 0 Å². The van der Waals surface area contributed by atoms with Crippen LogP contribution in [0.2, 0.25) is 0 Å². The molecule has 0 aliphatic carbocycles. The van der Waals surface area contributed by atoms with Crippen LogP contribution in [-0.4, -0.2) is 19.6 Å². The van der Waals surface area contributed by atoms with Crippen LogP contribution in [0, 0.1) is 0 Å². The maximum atomic E-state index is 8.57. The predicted octanol–water partition coefficient (Wildman–Crippen LogP) is -1.06. The second kappa shape index (κ2) is 9.41. The molecule has 0 saturated carbocycles. The Morgan fingerprint density at radius 1 is 1.75 bits per heavy atom. The van der Waals surface area contributed by atoms with E-state index >= 15 is 0 Å². The van der Waals surface area contributed by atoms with Crippen molar-refractivity contribution in [2.75, 3.05) is 0 Å². The molecule has 0 heterocycles. The van der Waals surface area contributed by atoms with Gasteiger partial charge in [-0.15, -0.1) is 0 Å². The minimum atomic E-state index is -1.50. The summed E-state index contributed by atoms with van der Waals surface area (Å²) in [5.74, 6) is 0. The zero-order chi connectivity index (χ0) is 2.71. The van der Waals surface area contributed by atoms with E-state index in [4.69, 9.17) is 7.96 Å². The molecule has 0 bridgehead atoms. The van der Waals surface area contributed by atoms with Crippen LogP contribution in [-0.2, 0) is 20.9 Å². The third kappa shape index (κ3) is 17.0. The molecular formula is HAlCuO2. The Hall–Kier alpha value is 0.652. The molecule has 0 aliphatic heterocycles. The average Bonchev–Trinajstić information content (AvgIpc) is 0.918. The fourth-order valence-electron chi connectivity index (χ4n) is 0. The maximum absolute atomic E-state index is 8.57. The van der Waals surface area contributed by atoms with E-state index in [9.17, 15) is 0 Å². The van der Waals surface area contributed by atoms with E-state index in [1.165, 1.54) is 0 Å². The van der Waals surface area contributed by atoms with Gasteiger partial charge in [-0.05, 0) is 0 Å². The van der Waals surface area contributed by atoms with Crippen LogP contribution >= 0.6 is 0 Å². The van der Waals surface area contributed by atoms with E-state index in [2.05, 4.69) is 0 Å². The van der Waals surface area contributed by atoms with Gasteiger partial charge in [0.05, 0.1) is 0 Å². The van der Waals surface area contributed by atoms with Crippen LogP contribution in [0.3, 0.4) is 0 Å². The molecule has 0 unspecified atom stereocenters. The third-order valence-electron chi connectivity index (χ3n) is 0. The number of rotatable bonds is 0. The Morgan fingerprint density at radius 2 is 1.75 bits per heavy atom. The van der Waals surface area contributed by atoms with Crippen LogP contribution in [0.1, 0.15) is 0 Å². The zero-order valence-corrected chi connectivity index (χ0v) is 3.83. The van der Waals surface area contributed by atoms with Crippen molar-refractivity contribution in [3.8, 4) is 0 Å². The van der Waals surface area contributed by atoms with E-state index in [-0.39, 0.29) is 17.1 Å². The van der Waals surface area contributed by atoms with Crippen molar-refractivity contribution in [2.45, 2.75) is 0 Å². The normalized spacial score (nSPS) is 2.00. The van der Waals surface area contributed by atoms with E-state index in [0.29, 0.717) is 0 Å². The van der Waals surface area contributed by atoms with Gasteiger partial charge >= 0.3 is 23.4 Å². The van der Waals surface area contributed by atoms with Gasteiger partial charge in [0.25, 0.3) is 0 Å². The van der Waals surface area contributed by atoms with Gasteiger partial charge in [0.1, 0.15) is 0 Å². The molecule has 0 atom stereocenters. The van der Waals surface area contributed by atoms with E-state index in [1.54, 1.807) is 0 Å². The molecule has 1 radical (unpaired) electrons. The molecule has 0 aromatic heterocycles. The van der Waals surface area contributed by atoms with Crippen molar-refractivity contribution in [1.82, 2.24) is 0 Å². The third-order valence-corrected chi connectivity index (χ3v) is 0. The molecular weight excluding hydrogens is 123 g/mol. The van der Waals surface area contributed by atoms with Gasteiger partial charge < -0.3 is 0 Å². The standard InChI is InChI=1S/Al.Cu.H2O.O/h;;1H2;/q+1;;;/p-1. The summed E-state index contributed by atoms with van der Waals surface area (Å²) in [5.41, 5.74) is 0. The molecule has 0 aromatic rings. The quantitative estimate of drug-likeness (QED) is 0.417. The van der Waals surface area contributed by atoms with Crippen LogP contribution < -0.4 is 0 Å². The summed E-state index contributed by atoms with van der Waals surface area (Å²) >= 11 is -1.50. The van der Waals surface area contributed by atoms with E-state index in [1.807, 2.05) is 0 Å². The van der Waals surface area contributed by atoms with Gasteiger partial charge in [-0.25, -0.2) is 0 Å². The van der Waals surface area contributed by atoms with Crippen molar-refractivity contribution < 1.29 is 25.0 Å². The SMILES string of the molecule is [Cu].[O]=[Al][OH]. The summed E-state index contributed by atoms with van der Waals surface area (Å²) in [7, 11) is 0. The van der Waals surface area contributed by atoms with Crippen molar-refractivity contribution >= 4 is 15.5 Å². The zero-order valence-electron chi connectivity index (χ0n) is 1.73. The molecule has 1 N–H and O–H groups in total. The monoisotopic (exact) mass is 123 g/mol. The molecule has 0 aromatic carbocycles. The summed E-state index contributed by atoms with van der Waals surface area (Å²) in [6.45, 7) is 0. The van der Waals surface area contributed by atoms with E-state index < -0.39 is 15.5 Å². The Morgan fingerprint density at radius 3 is 1.75 bits per heavy atom. The van der Waals surface area contributed by atoms with Gasteiger partial charge in [0, 0.05) is 17.1 Å². The van der Waals surface area contributed by atoms with Gasteiger partial charge in [-0.3, -0.25) is 0 Å². The molecule has 27 valence electrons. The van der Waals surface area contributed by atoms with Crippen molar-refractivity contribution in [2.24, 2.45) is 0 Å². The van der Waals surface area contributed by atoms with Gasteiger partial charge in [0.2, 0.25) is 0 Å². The first-order valence-corrected chi connectivity index (χ1v) is 1.48. The molecule has 0 spiro atoms. The van der Waals surface area contributed by atoms with E-state index in [0.717, 1.165) is 0 Å². The molecule has 2 nitrogen and oxygen atoms in total. The predicted molar refractivity (Wildman–Crippen MR) is 8.66 cm³/mol. The Labute approximate surface area is 40.9 Å². The van der Waals surface area contributed by atoms with Crippen LogP contribution in [0.4, 0.5) is 0 Å². The Balaban J connectivity index is 0. The summed E-state index contributed by atoms with van der Waals surface area (Å²) in [5, 5.41) is 0. The van der Waals surface area contributed by atoms with Gasteiger partial charge in [-0.1, -0.05) is 0 Å². The Bertz CT molecular complexity index is 13.5. The number of hydrogen-bond acceptors (Lipinski definition) is 1. The molecule has 0 rings (SSSR count). The summed E-state index contributed by atoms with van der Waals surface area (Å²) in [6.07, 6.45) is 0. The average molecular weight is 124 g/mol. The van der Waals surface area contributed by atoms with Crippen LogP contribution in [0.25, 0.3) is 0 Å². The second-order valence-electron chi connectivity index (χ2n) is 0.105. The first-order chi connectivity index (χ1) is 1.41.